The summed E-state index contributed by atoms with van der Waals surface area (Å²) >= 11 is 0. The Hall–Kier alpha value is -2.80. The van der Waals surface area contributed by atoms with Crippen LogP contribution in [0.2, 0.25) is 0 Å². The number of hydrogen-bond donors (Lipinski definition) is 2. The van der Waals surface area contributed by atoms with Crippen LogP contribution in [0.25, 0.3) is 0 Å². The van der Waals surface area contributed by atoms with E-state index in [-0.39, 0.29) is 12.1 Å². The molecule has 2 N–H and O–H groups in total. The third-order valence-corrected chi connectivity index (χ3v) is 5.32. The molecular weight excluding hydrogens is 354 g/mol. The van der Waals surface area contributed by atoms with Crippen molar-refractivity contribution in [1.82, 2.24) is 20.5 Å². The lowest BCUT2D eigenvalue weighted by Crippen LogP contribution is -2.47. The number of aromatic nitrogens is 1. The highest BCUT2D eigenvalue weighted by atomic mass is 16.5. The van der Waals surface area contributed by atoms with E-state index in [1.807, 2.05) is 42.6 Å². The summed E-state index contributed by atoms with van der Waals surface area (Å²) in [6, 6.07) is 11.7. The van der Waals surface area contributed by atoms with E-state index in [1.54, 1.807) is 0 Å². The highest BCUT2D eigenvalue weighted by Gasteiger charge is 2.22. The molecule has 2 aliphatic heterocycles. The molecule has 0 bridgehead atoms. The van der Waals surface area contributed by atoms with Crippen molar-refractivity contribution in [2.75, 3.05) is 44.7 Å². The van der Waals surface area contributed by atoms with E-state index in [0.29, 0.717) is 13.2 Å². The number of rotatable bonds is 4. The number of likely N-dealkylation sites (N-methyl/N-ethyl adjacent to an activating group) is 1. The molecule has 0 radical (unpaired) electrons. The van der Waals surface area contributed by atoms with Crippen molar-refractivity contribution in [2.45, 2.75) is 19.0 Å². The van der Waals surface area contributed by atoms with Crippen molar-refractivity contribution in [3.05, 3.63) is 53.7 Å². The largest absolute Gasteiger partial charge is 0.491 e. The van der Waals surface area contributed by atoms with Gasteiger partial charge >= 0.3 is 6.03 Å². The van der Waals surface area contributed by atoms with E-state index < -0.39 is 0 Å². The Morgan fingerprint density at radius 1 is 1.18 bits per heavy atom. The van der Waals surface area contributed by atoms with Crippen molar-refractivity contribution < 1.29 is 9.53 Å². The van der Waals surface area contributed by atoms with Gasteiger partial charge in [0.1, 0.15) is 18.2 Å². The lowest BCUT2D eigenvalue weighted by atomic mass is 10.0. The Kier molecular flexibility index (Phi) is 5.62. The van der Waals surface area contributed by atoms with Crippen molar-refractivity contribution in [2.24, 2.45) is 0 Å². The number of carbonyl (C=O) groups is 1. The zero-order chi connectivity index (χ0) is 19.3. The van der Waals surface area contributed by atoms with Gasteiger partial charge in [0.15, 0.2) is 0 Å². The number of fused-ring (bicyclic) bond motifs is 1. The van der Waals surface area contributed by atoms with Gasteiger partial charge in [-0.25, -0.2) is 9.78 Å². The van der Waals surface area contributed by atoms with E-state index in [2.05, 4.69) is 32.5 Å². The second-order valence-electron chi connectivity index (χ2n) is 7.42. The standard InChI is InChI=1S/C21H27N5O2/c1-25-9-11-26(12-10-25)20-17(6-4-8-22-20)14-23-21(27)24-18-13-16-5-2-3-7-19(16)28-15-18/h2-8,18H,9-15H2,1H3,(H2,23,24,27). The van der Waals surface area contributed by atoms with Crippen LogP contribution in [0.15, 0.2) is 42.6 Å². The number of anilines is 1. The summed E-state index contributed by atoms with van der Waals surface area (Å²) in [5.41, 5.74) is 2.16. The van der Waals surface area contributed by atoms with Gasteiger partial charge in [0.2, 0.25) is 0 Å². The molecule has 0 aliphatic carbocycles. The molecule has 0 spiro atoms. The van der Waals surface area contributed by atoms with Crippen LogP contribution in [0.4, 0.5) is 10.6 Å². The minimum absolute atomic E-state index is 0.0269. The second kappa shape index (κ2) is 8.48. The van der Waals surface area contributed by atoms with E-state index in [1.165, 1.54) is 0 Å². The van der Waals surface area contributed by atoms with E-state index in [9.17, 15) is 4.79 Å². The molecule has 28 heavy (non-hydrogen) atoms. The minimum Gasteiger partial charge on any atom is -0.491 e. The number of pyridine rings is 1. The summed E-state index contributed by atoms with van der Waals surface area (Å²) in [5.74, 6) is 1.87. The quantitative estimate of drug-likeness (QED) is 0.843. The molecule has 7 heteroatoms. The molecule has 7 nitrogen and oxygen atoms in total. The van der Waals surface area contributed by atoms with Crippen LogP contribution < -0.4 is 20.3 Å². The van der Waals surface area contributed by atoms with Gasteiger partial charge in [-0.2, -0.15) is 0 Å². The van der Waals surface area contributed by atoms with Gasteiger partial charge in [0.05, 0.1) is 6.04 Å². The summed E-state index contributed by atoms with van der Waals surface area (Å²) in [6.45, 7) is 4.88. The molecule has 148 valence electrons. The SMILES string of the molecule is CN1CCN(c2ncccc2CNC(=O)NC2COc3ccccc3C2)CC1. The number of piperazine rings is 1. The highest BCUT2D eigenvalue weighted by molar-refractivity contribution is 5.74. The number of hydrogen-bond acceptors (Lipinski definition) is 5. The molecule has 1 saturated heterocycles. The summed E-state index contributed by atoms with van der Waals surface area (Å²) in [7, 11) is 2.13. The molecule has 1 unspecified atom stereocenters. The second-order valence-corrected chi connectivity index (χ2v) is 7.42. The number of para-hydroxylation sites is 1. The number of benzene rings is 1. The number of ether oxygens (including phenoxy) is 1. The molecule has 1 fully saturated rings. The van der Waals surface area contributed by atoms with Gasteiger partial charge in [-0.1, -0.05) is 24.3 Å². The molecule has 2 aromatic rings. The molecule has 3 heterocycles. The fourth-order valence-corrected chi connectivity index (χ4v) is 3.70. The average molecular weight is 381 g/mol. The molecule has 2 amide bonds. The average Bonchev–Trinajstić information content (AvgIpc) is 2.73. The molecule has 0 saturated carbocycles. The Labute approximate surface area is 165 Å². The smallest absolute Gasteiger partial charge is 0.315 e. The summed E-state index contributed by atoms with van der Waals surface area (Å²) in [5, 5.41) is 5.99. The maximum atomic E-state index is 12.4. The zero-order valence-electron chi connectivity index (χ0n) is 16.2. The fourth-order valence-electron chi connectivity index (χ4n) is 3.70. The first-order chi connectivity index (χ1) is 13.7. The number of carbonyl (C=O) groups excluding carboxylic acids is 1. The van der Waals surface area contributed by atoms with Crippen molar-refractivity contribution in [1.29, 1.82) is 0 Å². The van der Waals surface area contributed by atoms with Crippen molar-refractivity contribution in [3.8, 4) is 5.75 Å². The Morgan fingerprint density at radius 3 is 2.86 bits per heavy atom. The van der Waals surface area contributed by atoms with Crippen LogP contribution in [0.5, 0.6) is 5.75 Å². The first-order valence-corrected chi connectivity index (χ1v) is 9.81. The van der Waals surface area contributed by atoms with E-state index >= 15 is 0 Å². The maximum absolute atomic E-state index is 12.4. The fraction of sp³-hybridized carbons (Fsp3) is 0.429. The summed E-state index contributed by atoms with van der Waals surface area (Å²) in [4.78, 5) is 21.6. The molecule has 2 aliphatic rings. The third kappa shape index (κ3) is 4.36. The normalized spacial score (nSPS) is 19.5. The molecule has 4 rings (SSSR count). The predicted molar refractivity (Wildman–Crippen MR) is 109 cm³/mol. The van der Waals surface area contributed by atoms with Crippen molar-refractivity contribution in [3.63, 3.8) is 0 Å². The number of amides is 2. The lowest BCUT2D eigenvalue weighted by molar-refractivity contribution is 0.214. The lowest BCUT2D eigenvalue weighted by Gasteiger charge is -2.34. The van der Waals surface area contributed by atoms with Gasteiger partial charge in [-0.05, 0) is 31.2 Å². The van der Waals surface area contributed by atoms with Crippen LogP contribution in [-0.4, -0.2) is 61.8 Å². The van der Waals surface area contributed by atoms with Crippen LogP contribution in [0.1, 0.15) is 11.1 Å². The number of nitrogens with zero attached hydrogens (tertiary/aromatic N) is 3. The Bertz CT molecular complexity index is 820. The highest BCUT2D eigenvalue weighted by Crippen LogP contribution is 2.24. The Balaban J connectivity index is 1.32. The van der Waals surface area contributed by atoms with Crippen LogP contribution in [0.3, 0.4) is 0 Å². The number of nitrogens with one attached hydrogen (secondary N) is 2. The zero-order valence-corrected chi connectivity index (χ0v) is 16.2. The first-order valence-electron chi connectivity index (χ1n) is 9.81. The number of urea groups is 1. The maximum Gasteiger partial charge on any atom is 0.315 e. The summed E-state index contributed by atoms with van der Waals surface area (Å²) in [6.07, 6.45) is 2.59. The Morgan fingerprint density at radius 2 is 2.00 bits per heavy atom. The van der Waals surface area contributed by atoms with Crippen molar-refractivity contribution >= 4 is 11.8 Å². The third-order valence-electron chi connectivity index (χ3n) is 5.32. The van der Waals surface area contributed by atoms with Gasteiger partial charge < -0.3 is 25.2 Å². The van der Waals surface area contributed by atoms with Crippen LogP contribution in [0, 0.1) is 0 Å². The molecule has 1 atom stereocenters. The van der Waals surface area contributed by atoms with Gasteiger partial charge in [-0.15, -0.1) is 0 Å². The van der Waals surface area contributed by atoms with Gasteiger partial charge in [0, 0.05) is 44.5 Å². The topological polar surface area (TPSA) is 69.7 Å². The predicted octanol–water partition coefficient (Wildman–Crippen LogP) is 1.64. The molecule has 1 aromatic heterocycles. The van der Waals surface area contributed by atoms with E-state index in [0.717, 1.165) is 55.3 Å². The molecular formula is C21H27N5O2. The van der Waals surface area contributed by atoms with Gasteiger partial charge in [-0.3, -0.25) is 0 Å². The van der Waals surface area contributed by atoms with Gasteiger partial charge in [0.25, 0.3) is 0 Å². The van der Waals surface area contributed by atoms with Crippen LogP contribution in [-0.2, 0) is 13.0 Å². The monoisotopic (exact) mass is 381 g/mol. The molecule has 1 aromatic carbocycles. The first kappa shape index (κ1) is 18.6. The van der Waals surface area contributed by atoms with Crippen LogP contribution >= 0.6 is 0 Å². The van der Waals surface area contributed by atoms with E-state index in [4.69, 9.17) is 4.74 Å². The summed E-state index contributed by atoms with van der Waals surface area (Å²) < 4.78 is 5.74. The minimum atomic E-state index is -0.179.